The second-order valence-corrected chi connectivity index (χ2v) is 5.54. The molecule has 0 aliphatic carbocycles. The molecular weight excluding hydrogens is 253 g/mol. The Labute approximate surface area is 109 Å². The van der Waals surface area contributed by atoms with Crippen LogP contribution in [-0.2, 0) is 26.9 Å². The monoisotopic (exact) mass is 273 g/mol. The molecule has 1 saturated heterocycles. The van der Waals surface area contributed by atoms with E-state index in [0.717, 1.165) is 12.1 Å². The van der Waals surface area contributed by atoms with Crippen LogP contribution in [-0.4, -0.2) is 47.3 Å². The maximum absolute atomic E-state index is 6.02. The molecule has 1 aromatic rings. The molecule has 2 heterocycles. The SMILES string of the molecule is COCC1(C)OC(P)CC1(OC)c1cnnn1C. The Morgan fingerprint density at radius 1 is 1.61 bits per heavy atom. The van der Waals surface area contributed by atoms with Crippen molar-refractivity contribution >= 4 is 9.24 Å². The van der Waals surface area contributed by atoms with Gasteiger partial charge >= 0.3 is 0 Å². The summed E-state index contributed by atoms with van der Waals surface area (Å²) in [5.74, 6) is 0.0139. The molecule has 0 bridgehead atoms. The molecule has 4 unspecified atom stereocenters. The summed E-state index contributed by atoms with van der Waals surface area (Å²) < 4.78 is 18.9. The molecule has 18 heavy (non-hydrogen) atoms. The van der Waals surface area contributed by atoms with Crippen molar-refractivity contribution in [3.8, 4) is 0 Å². The summed E-state index contributed by atoms with van der Waals surface area (Å²) in [6, 6.07) is 0. The molecule has 0 spiro atoms. The summed E-state index contributed by atoms with van der Waals surface area (Å²) in [5, 5.41) is 7.93. The van der Waals surface area contributed by atoms with Gasteiger partial charge in [-0.05, 0) is 6.92 Å². The van der Waals surface area contributed by atoms with Crippen molar-refractivity contribution in [2.24, 2.45) is 7.05 Å². The number of nitrogens with zero attached hydrogens (tertiary/aromatic N) is 3. The molecule has 1 fully saturated rings. The maximum Gasteiger partial charge on any atom is 0.144 e. The third-order valence-electron chi connectivity index (χ3n) is 3.65. The van der Waals surface area contributed by atoms with Crippen molar-refractivity contribution in [2.75, 3.05) is 20.8 Å². The highest BCUT2D eigenvalue weighted by molar-refractivity contribution is 7.17. The van der Waals surface area contributed by atoms with Crippen LogP contribution < -0.4 is 0 Å². The van der Waals surface area contributed by atoms with Crippen LogP contribution >= 0.6 is 9.24 Å². The van der Waals surface area contributed by atoms with E-state index in [0.29, 0.717) is 6.61 Å². The van der Waals surface area contributed by atoms with Gasteiger partial charge in [-0.1, -0.05) is 5.21 Å². The van der Waals surface area contributed by atoms with Gasteiger partial charge in [0.2, 0.25) is 0 Å². The van der Waals surface area contributed by atoms with Crippen molar-refractivity contribution in [1.82, 2.24) is 15.0 Å². The van der Waals surface area contributed by atoms with E-state index >= 15 is 0 Å². The summed E-state index contributed by atoms with van der Waals surface area (Å²) in [4.78, 5) is 0. The number of hydrogen-bond donors (Lipinski definition) is 0. The highest BCUT2D eigenvalue weighted by Crippen LogP contribution is 2.50. The predicted octanol–water partition coefficient (Wildman–Crippen LogP) is 0.683. The first kappa shape index (κ1) is 13.9. The van der Waals surface area contributed by atoms with E-state index in [1.807, 2.05) is 14.0 Å². The lowest BCUT2D eigenvalue weighted by Gasteiger charge is -2.40. The zero-order valence-corrected chi connectivity index (χ0v) is 12.4. The van der Waals surface area contributed by atoms with Gasteiger partial charge in [-0.25, -0.2) is 4.68 Å². The Morgan fingerprint density at radius 2 is 2.33 bits per heavy atom. The largest absolute Gasteiger partial charge is 0.382 e. The predicted molar refractivity (Wildman–Crippen MR) is 69.2 cm³/mol. The standard InChI is InChI=1S/C11H20N3O3P/c1-10(7-15-3)11(16-4,5-9(18)17-10)8-6-12-13-14(8)2/h6,9H,5,7,18H2,1-4H3. The molecule has 0 radical (unpaired) electrons. The lowest BCUT2D eigenvalue weighted by molar-refractivity contribution is -0.165. The van der Waals surface area contributed by atoms with Crippen LogP contribution in [0.25, 0.3) is 0 Å². The minimum atomic E-state index is -0.603. The topological polar surface area (TPSA) is 58.4 Å². The molecule has 2 rings (SSSR count). The highest BCUT2D eigenvalue weighted by atomic mass is 31.0. The van der Waals surface area contributed by atoms with Crippen LogP contribution in [0.5, 0.6) is 0 Å². The van der Waals surface area contributed by atoms with E-state index in [9.17, 15) is 0 Å². The first-order chi connectivity index (χ1) is 8.49. The van der Waals surface area contributed by atoms with Crippen molar-refractivity contribution < 1.29 is 14.2 Å². The van der Waals surface area contributed by atoms with Crippen LogP contribution in [0.2, 0.25) is 0 Å². The van der Waals surface area contributed by atoms with Gasteiger partial charge in [0.25, 0.3) is 0 Å². The Balaban J connectivity index is 2.50. The zero-order chi connectivity index (χ0) is 13.4. The van der Waals surface area contributed by atoms with Gasteiger partial charge in [0.15, 0.2) is 0 Å². The summed E-state index contributed by atoms with van der Waals surface area (Å²) >= 11 is 0. The Bertz CT molecular complexity index is 427. The first-order valence-corrected chi connectivity index (χ1v) is 6.48. The van der Waals surface area contributed by atoms with Gasteiger partial charge in [-0.2, -0.15) is 0 Å². The Kier molecular flexibility index (Phi) is 3.74. The van der Waals surface area contributed by atoms with E-state index in [4.69, 9.17) is 14.2 Å². The molecule has 0 saturated carbocycles. The van der Waals surface area contributed by atoms with Crippen molar-refractivity contribution in [1.29, 1.82) is 0 Å². The second-order valence-electron chi connectivity index (χ2n) is 4.80. The highest BCUT2D eigenvalue weighted by Gasteiger charge is 2.59. The fraction of sp³-hybridized carbons (Fsp3) is 0.818. The zero-order valence-electron chi connectivity index (χ0n) is 11.2. The number of rotatable bonds is 4. The summed E-state index contributed by atoms with van der Waals surface area (Å²) in [5.41, 5.74) is -0.277. The summed E-state index contributed by atoms with van der Waals surface area (Å²) in [6.07, 6.45) is 2.44. The van der Waals surface area contributed by atoms with Gasteiger partial charge < -0.3 is 14.2 Å². The van der Waals surface area contributed by atoms with E-state index < -0.39 is 11.2 Å². The maximum atomic E-state index is 6.02. The number of methoxy groups -OCH3 is 2. The molecule has 1 aliphatic heterocycles. The van der Waals surface area contributed by atoms with Crippen molar-refractivity contribution in [3.05, 3.63) is 11.9 Å². The van der Waals surface area contributed by atoms with Crippen molar-refractivity contribution in [2.45, 2.75) is 30.4 Å². The lowest BCUT2D eigenvalue weighted by Crippen LogP contribution is -2.51. The minimum Gasteiger partial charge on any atom is -0.382 e. The fourth-order valence-electron chi connectivity index (χ4n) is 2.83. The van der Waals surface area contributed by atoms with Crippen LogP contribution in [0, 0.1) is 0 Å². The van der Waals surface area contributed by atoms with Gasteiger partial charge in [-0.3, -0.25) is 0 Å². The molecule has 0 aromatic carbocycles. The molecule has 102 valence electrons. The van der Waals surface area contributed by atoms with E-state index in [1.165, 1.54) is 0 Å². The van der Waals surface area contributed by atoms with Crippen LogP contribution in [0.15, 0.2) is 6.20 Å². The molecule has 1 aromatic heterocycles. The Morgan fingerprint density at radius 3 is 2.83 bits per heavy atom. The van der Waals surface area contributed by atoms with Crippen molar-refractivity contribution in [3.63, 3.8) is 0 Å². The van der Waals surface area contributed by atoms with Crippen LogP contribution in [0.1, 0.15) is 19.0 Å². The van der Waals surface area contributed by atoms with E-state index in [1.54, 1.807) is 25.1 Å². The molecule has 0 N–H and O–H groups in total. The van der Waals surface area contributed by atoms with Gasteiger partial charge in [0, 0.05) is 27.7 Å². The number of aryl methyl sites for hydroxylation is 1. The normalized spacial score (nSPS) is 36.2. The van der Waals surface area contributed by atoms with Crippen LogP contribution in [0.4, 0.5) is 0 Å². The van der Waals surface area contributed by atoms with Gasteiger partial charge in [0.1, 0.15) is 11.2 Å². The summed E-state index contributed by atoms with van der Waals surface area (Å²) in [7, 11) is 7.89. The minimum absolute atomic E-state index is 0.0139. The lowest BCUT2D eigenvalue weighted by atomic mass is 9.81. The smallest absolute Gasteiger partial charge is 0.144 e. The van der Waals surface area contributed by atoms with Gasteiger partial charge in [0.05, 0.1) is 24.3 Å². The molecular formula is C11H20N3O3P. The molecule has 7 heteroatoms. The third-order valence-corrected chi connectivity index (χ3v) is 4.02. The average molecular weight is 273 g/mol. The Hall–Kier alpha value is -0.550. The van der Waals surface area contributed by atoms with Crippen LogP contribution in [0.3, 0.4) is 0 Å². The third kappa shape index (κ3) is 1.88. The fourth-order valence-corrected chi connectivity index (χ4v) is 3.46. The van der Waals surface area contributed by atoms with E-state index in [2.05, 4.69) is 19.6 Å². The molecule has 0 amide bonds. The average Bonchev–Trinajstić information content (AvgIpc) is 2.82. The molecule has 6 nitrogen and oxygen atoms in total. The number of aromatic nitrogens is 3. The first-order valence-electron chi connectivity index (χ1n) is 5.82. The van der Waals surface area contributed by atoms with Gasteiger partial charge in [-0.15, -0.1) is 14.3 Å². The second kappa shape index (κ2) is 4.85. The van der Waals surface area contributed by atoms with E-state index in [-0.39, 0.29) is 5.85 Å². The number of ether oxygens (including phenoxy) is 3. The quantitative estimate of drug-likeness (QED) is 0.755. The number of hydrogen-bond acceptors (Lipinski definition) is 5. The summed E-state index contributed by atoms with van der Waals surface area (Å²) in [6.45, 7) is 2.44. The molecule has 4 atom stereocenters. The molecule has 1 aliphatic rings.